The van der Waals surface area contributed by atoms with Gasteiger partial charge in [0.2, 0.25) is 5.91 Å². The van der Waals surface area contributed by atoms with Crippen LogP contribution in [-0.2, 0) is 9.59 Å². The summed E-state index contributed by atoms with van der Waals surface area (Å²) in [5, 5.41) is 11.2. The van der Waals surface area contributed by atoms with Crippen molar-refractivity contribution in [1.82, 2.24) is 0 Å². The summed E-state index contributed by atoms with van der Waals surface area (Å²) in [6.07, 6.45) is -0.365. The van der Waals surface area contributed by atoms with Crippen molar-refractivity contribution >= 4 is 23.3 Å². The quantitative estimate of drug-likeness (QED) is 0.808. The molecule has 90 valence electrons. The molecule has 17 heavy (non-hydrogen) atoms. The number of aliphatic carboxylic acids is 1. The molecule has 1 aromatic rings. The molecule has 0 saturated carbocycles. The van der Waals surface area contributed by atoms with Crippen LogP contribution in [0, 0.1) is 5.82 Å². The summed E-state index contributed by atoms with van der Waals surface area (Å²) < 4.78 is 13.6. The van der Waals surface area contributed by atoms with Gasteiger partial charge in [-0.05, 0) is 12.1 Å². The van der Waals surface area contributed by atoms with Gasteiger partial charge in [0.05, 0.1) is 17.8 Å². The lowest BCUT2D eigenvalue weighted by Gasteiger charge is -2.34. The van der Waals surface area contributed by atoms with Gasteiger partial charge in [-0.25, -0.2) is 4.39 Å². The van der Waals surface area contributed by atoms with Crippen molar-refractivity contribution in [3.05, 3.63) is 24.0 Å². The second kappa shape index (κ2) is 4.04. The highest BCUT2D eigenvalue weighted by Gasteiger charge is 2.33. The first-order valence-electron chi connectivity index (χ1n) is 5.04. The lowest BCUT2D eigenvalue weighted by Crippen LogP contribution is -2.47. The fraction of sp³-hybridized carbons (Fsp3) is 0.273. The summed E-state index contributed by atoms with van der Waals surface area (Å²) in [7, 11) is 1.51. The largest absolute Gasteiger partial charge is 0.481 e. The Morgan fingerprint density at radius 1 is 1.59 bits per heavy atom. The molecule has 5 nitrogen and oxygen atoms in total. The Hall–Kier alpha value is -2.11. The number of benzene rings is 1. The first-order valence-corrected chi connectivity index (χ1v) is 5.04. The molecule has 1 aromatic carbocycles. The first kappa shape index (κ1) is 11.4. The van der Waals surface area contributed by atoms with E-state index in [1.807, 2.05) is 0 Å². The van der Waals surface area contributed by atoms with E-state index in [1.54, 1.807) is 6.07 Å². The zero-order valence-electron chi connectivity index (χ0n) is 9.11. The number of carbonyl (C=O) groups is 2. The van der Waals surface area contributed by atoms with Crippen molar-refractivity contribution in [2.24, 2.45) is 0 Å². The van der Waals surface area contributed by atoms with Gasteiger partial charge in [-0.2, -0.15) is 0 Å². The maximum absolute atomic E-state index is 13.6. The van der Waals surface area contributed by atoms with E-state index in [4.69, 9.17) is 5.11 Å². The normalized spacial score (nSPS) is 18.6. The van der Waals surface area contributed by atoms with Gasteiger partial charge in [-0.1, -0.05) is 6.07 Å². The van der Waals surface area contributed by atoms with Crippen LogP contribution >= 0.6 is 0 Å². The molecule has 1 amide bonds. The summed E-state index contributed by atoms with van der Waals surface area (Å²) in [5.74, 6) is -2.02. The van der Waals surface area contributed by atoms with E-state index < -0.39 is 23.7 Å². The van der Waals surface area contributed by atoms with E-state index in [2.05, 4.69) is 5.32 Å². The molecule has 2 rings (SSSR count). The minimum atomic E-state index is -1.10. The Morgan fingerprint density at radius 3 is 2.94 bits per heavy atom. The van der Waals surface area contributed by atoms with E-state index in [0.717, 1.165) is 0 Å². The monoisotopic (exact) mass is 238 g/mol. The standard InChI is InChI=1S/C11H11FN2O3/c1-14-8(5-9(15)16)11(17)13-7-4-2-3-6(12)10(7)14/h2-4,8H,5H2,1H3,(H,13,17)(H,15,16). The number of carboxylic acids is 1. The Kier molecular flexibility index (Phi) is 2.71. The highest BCUT2D eigenvalue weighted by molar-refractivity contribution is 6.04. The van der Waals surface area contributed by atoms with E-state index >= 15 is 0 Å². The minimum absolute atomic E-state index is 0.221. The van der Waals surface area contributed by atoms with Gasteiger partial charge in [0, 0.05) is 7.05 Å². The zero-order valence-corrected chi connectivity index (χ0v) is 9.11. The molecule has 6 heteroatoms. The number of likely N-dealkylation sites (N-methyl/N-ethyl adjacent to an activating group) is 1. The third kappa shape index (κ3) is 1.93. The average molecular weight is 238 g/mol. The molecule has 1 aliphatic rings. The smallest absolute Gasteiger partial charge is 0.305 e. The average Bonchev–Trinajstić information content (AvgIpc) is 2.23. The molecular formula is C11H11FN2O3. The Balaban J connectivity index is 2.41. The van der Waals surface area contributed by atoms with Crippen molar-refractivity contribution < 1.29 is 19.1 Å². The van der Waals surface area contributed by atoms with E-state index in [-0.39, 0.29) is 12.1 Å². The van der Waals surface area contributed by atoms with Gasteiger partial charge in [0.25, 0.3) is 0 Å². The maximum atomic E-state index is 13.6. The molecule has 0 saturated heterocycles. The highest BCUT2D eigenvalue weighted by Crippen LogP contribution is 2.33. The molecule has 1 atom stereocenters. The van der Waals surface area contributed by atoms with Crippen molar-refractivity contribution in [3.63, 3.8) is 0 Å². The van der Waals surface area contributed by atoms with Gasteiger partial charge in [0.1, 0.15) is 11.9 Å². The van der Waals surface area contributed by atoms with Gasteiger partial charge < -0.3 is 15.3 Å². The third-order valence-electron chi connectivity index (χ3n) is 2.74. The molecule has 2 N–H and O–H groups in total. The number of para-hydroxylation sites is 1. The van der Waals surface area contributed by atoms with Crippen molar-refractivity contribution in [3.8, 4) is 0 Å². The van der Waals surface area contributed by atoms with E-state index in [0.29, 0.717) is 5.69 Å². The molecule has 1 heterocycles. The fourth-order valence-electron chi connectivity index (χ4n) is 1.92. The lowest BCUT2D eigenvalue weighted by molar-refractivity contribution is -0.138. The SMILES string of the molecule is CN1c2c(F)cccc2NC(=O)C1CC(=O)O. The van der Waals surface area contributed by atoms with Crippen LogP contribution in [0.15, 0.2) is 18.2 Å². The molecule has 0 fully saturated rings. The van der Waals surface area contributed by atoms with Crippen LogP contribution in [0.5, 0.6) is 0 Å². The van der Waals surface area contributed by atoms with Crippen molar-refractivity contribution in [1.29, 1.82) is 0 Å². The number of amides is 1. The molecule has 1 aliphatic heterocycles. The predicted molar refractivity (Wildman–Crippen MR) is 59.5 cm³/mol. The molecule has 1 unspecified atom stereocenters. The number of carboxylic acid groups (broad SMARTS) is 1. The van der Waals surface area contributed by atoms with E-state index in [9.17, 15) is 14.0 Å². The Bertz CT molecular complexity index is 490. The number of anilines is 2. The summed E-state index contributed by atoms with van der Waals surface area (Å²) in [5.41, 5.74) is 0.581. The molecular weight excluding hydrogens is 227 g/mol. The fourth-order valence-corrected chi connectivity index (χ4v) is 1.92. The number of halogens is 1. The van der Waals surface area contributed by atoms with Crippen LogP contribution in [0.2, 0.25) is 0 Å². The number of carbonyl (C=O) groups excluding carboxylic acids is 1. The molecule has 0 aliphatic carbocycles. The number of fused-ring (bicyclic) bond motifs is 1. The van der Waals surface area contributed by atoms with Crippen LogP contribution in [-0.4, -0.2) is 30.1 Å². The number of hydrogen-bond donors (Lipinski definition) is 2. The highest BCUT2D eigenvalue weighted by atomic mass is 19.1. The van der Waals surface area contributed by atoms with Crippen LogP contribution in [0.3, 0.4) is 0 Å². The molecule has 0 bridgehead atoms. The third-order valence-corrected chi connectivity index (χ3v) is 2.74. The Morgan fingerprint density at radius 2 is 2.29 bits per heavy atom. The summed E-state index contributed by atoms with van der Waals surface area (Å²) >= 11 is 0. The predicted octanol–water partition coefficient (Wildman–Crippen LogP) is 1.06. The summed E-state index contributed by atoms with van der Waals surface area (Å²) in [4.78, 5) is 23.7. The van der Waals surface area contributed by atoms with Crippen LogP contribution in [0.25, 0.3) is 0 Å². The van der Waals surface area contributed by atoms with Gasteiger partial charge in [0.15, 0.2) is 0 Å². The topological polar surface area (TPSA) is 69.6 Å². The second-order valence-electron chi connectivity index (χ2n) is 3.85. The van der Waals surface area contributed by atoms with Gasteiger partial charge in [-0.15, -0.1) is 0 Å². The first-order chi connectivity index (χ1) is 8.00. The molecule has 0 aromatic heterocycles. The lowest BCUT2D eigenvalue weighted by atomic mass is 10.1. The van der Waals surface area contributed by atoms with Gasteiger partial charge in [-0.3, -0.25) is 9.59 Å². The van der Waals surface area contributed by atoms with Crippen LogP contribution < -0.4 is 10.2 Å². The maximum Gasteiger partial charge on any atom is 0.305 e. The zero-order chi connectivity index (χ0) is 12.6. The number of hydrogen-bond acceptors (Lipinski definition) is 3. The minimum Gasteiger partial charge on any atom is -0.481 e. The van der Waals surface area contributed by atoms with Crippen molar-refractivity contribution in [2.45, 2.75) is 12.5 Å². The summed E-state index contributed by atoms with van der Waals surface area (Å²) in [6.45, 7) is 0. The molecule has 0 radical (unpaired) electrons. The number of nitrogens with zero attached hydrogens (tertiary/aromatic N) is 1. The number of rotatable bonds is 2. The second-order valence-corrected chi connectivity index (χ2v) is 3.85. The van der Waals surface area contributed by atoms with E-state index in [1.165, 1.54) is 24.1 Å². The molecule has 0 spiro atoms. The van der Waals surface area contributed by atoms with Crippen molar-refractivity contribution in [2.75, 3.05) is 17.3 Å². The summed E-state index contributed by atoms with van der Waals surface area (Å²) in [6, 6.07) is 3.44. The number of nitrogens with one attached hydrogen (secondary N) is 1. The van der Waals surface area contributed by atoms with Crippen LogP contribution in [0.4, 0.5) is 15.8 Å². The Labute approximate surface area is 96.8 Å². The van der Waals surface area contributed by atoms with Crippen LogP contribution in [0.1, 0.15) is 6.42 Å². The van der Waals surface area contributed by atoms with Gasteiger partial charge >= 0.3 is 5.97 Å².